The van der Waals surface area contributed by atoms with Crippen LogP contribution in [-0.4, -0.2) is 24.7 Å². The van der Waals surface area contributed by atoms with Crippen LogP contribution in [0.15, 0.2) is 12.3 Å². The predicted molar refractivity (Wildman–Crippen MR) is 85.2 cm³/mol. The molecule has 1 aliphatic rings. The van der Waals surface area contributed by atoms with E-state index in [2.05, 4.69) is 38.9 Å². The van der Waals surface area contributed by atoms with Gasteiger partial charge in [-0.05, 0) is 25.3 Å². The van der Waals surface area contributed by atoms with Gasteiger partial charge in [0, 0.05) is 18.5 Å². The number of nitro groups is 1. The maximum atomic E-state index is 10.9. The van der Waals surface area contributed by atoms with Gasteiger partial charge in [0.05, 0.1) is 11.0 Å². The summed E-state index contributed by atoms with van der Waals surface area (Å²) in [7, 11) is 0. The van der Waals surface area contributed by atoms with Crippen LogP contribution in [0, 0.1) is 23.0 Å². The Morgan fingerprint density at radius 1 is 1.39 bits per heavy atom. The lowest BCUT2D eigenvalue weighted by Gasteiger charge is -2.22. The van der Waals surface area contributed by atoms with Gasteiger partial charge in [-0.2, -0.15) is 0 Å². The normalized spacial score (nSPS) is 14.8. The molecule has 0 saturated heterocycles. The van der Waals surface area contributed by atoms with Gasteiger partial charge >= 0.3 is 0 Å². The van der Waals surface area contributed by atoms with Gasteiger partial charge in [-0.15, -0.1) is 10.2 Å². The highest BCUT2D eigenvalue weighted by molar-refractivity contribution is 5.47. The SMILES string of the molecule is Cc1cc(N[C@@H](c2nnc3n2CCC3)C(C)C)ncc1[N+](=O)[O-]. The van der Waals surface area contributed by atoms with E-state index in [4.69, 9.17) is 0 Å². The number of anilines is 1. The highest BCUT2D eigenvalue weighted by atomic mass is 16.6. The van der Waals surface area contributed by atoms with E-state index in [-0.39, 0.29) is 17.6 Å². The lowest BCUT2D eigenvalue weighted by Crippen LogP contribution is -2.22. The van der Waals surface area contributed by atoms with Crippen LogP contribution >= 0.6 is 0 Å². The number of aromatic nitrogens is 4. The number of fused-ring (bicyclic) bond motifs is 1. The van der Waals surface area contributed by atoms with Crippen molar-refractivity contribution in [3.63, 3.8) is 0 Å². The second-order valence-corrected chi connectivity index (χ2v) is 6.21. The maximum absolute atomic E-state index is 10.9. The monoisotopic (exact) mass is 316 g/mol. The Labute approximate surface area is 134 Å². The molecular weight excluding hydrogens is 296 g/mol. The molecule has 8 nitrogen and oxygen atoms in total. The summed E-state index contributed by atoms with van der Waals surface area (Å²) in [5, 5.41) is 22.9. The molecule has 2 aromatic heterocycles. The zero-order chi connectivity index (χ0) is 16.6. The lowest BCUT2D eigenvalue weighted by molar-refractivity contribution is -0.385. The first-order chi connectivity index (χ1) is 11.0. The first kappa shape index (κ1) is 15.4. The molecule has 8 heteroatoms. The van der Waals surface area contributed by atoms with Crippen LogP contribution in [0.25, 0.3) is 0 Å². The van der Waals surface area contributed by atoms with Crippen molar-refractivity contribution in [2.24, 2.45) is 5.92 Å². The van der Waals surface area contributed by atoms with Gasteiger partial charge < -0.3 is 9.88 Å². The predicted octanol–water partition coefficient (Wildman–Crippen LogP) is 2.65. The fourth-order valence-corrected chi connectivity index (χ4v) is 2.91. The average Bonchev–Trinajstić information content (AvgIpc) is 3.07. The van der Waals surface area contributed by atoms with Gasteiger partial charge in [0.2, 0.25) is 0 Å². The van der Waals surface area contributed by atoms with E-state index >= 15 is 0 Å². The van der Waals surface area contributed by atoms with Crippen LogP contribution in [0.3, 0.4) is 0 Å². The van der Waals surface area contributed by atoms with Gasteiger partial charge in [-0.25, -0.2) is 4.98 Å². The summed E-state index contributed by atoms with van der Waals surface area (Å²) < 4.78 is 2.16. The standard InChI is InChI=1S/C15H20N6O2/c1-9(2)14(15-19-18-13-5-4-6-20(13)15)17-12-7-10(3)11(8-16-12)21(22)23/h7-9,14H,4-6H2,1-3H3,(H,16,17)/t14-/m1/s1. The quantitative estimate of drug-likeness (QED) is 0.672. The van der Waals surface area contributed by atoms with E-state index in [0.29, 0.717) is 11.4 Å². The Hall–Kier alpha value is -2.51. The Morgan fingerprint density at radius 3 is 2.83 bits per heavy atom. The van der Waals surface area contributed by atoms with Crippen LogP contribution in [0.5, 0.6) is 0 Å². The minimum Gasteiger partial charge on any atom is -0.360 e. The fraction of sp³-hybridized carbons (Fsp3) is 0.533. The molecular formula is C15H20N6O2. The number of aryl methyl sites for hydroxylation is 2. The van der Waals surface area contributed by atoms with E-state index in [9.17, 15) is 10.1 Å². The van der Waals surface area contributed by atoms with Crippen LogP contribution in [0.2, 0.25) is 0 Å². The van der Waals surface area contributed by atoms with E-state index in [1.165, 1.54) is 6.20 Å². The number of nitrogens with one attached hydrogen (secondary N) is 1. The van der Waals surface area contributed by atoms with Crippen molar-refractivity contribution in [3.8, 4) is 0 Å². The molecule has 1 aliphatic heterocycles. The molecule has 1 atom stereocenters. The minimum absolute atomic E-state index is 0.0278. The molecule has 0 spiro atoms. The number of pyridine rings is 1. The number of hydrogen-bond acceptors (Lipinski definition) is 6. The summed E-state index contributed by atoms with van der Waals surface area (Å²) in [4.78, 5) is 14.7. The summed E-state index contributed by atoms with van der Waals surface area (Å²) in [6.45, 7) is 6.86. The largest absolute Gasteiger partial charge is 0.360 e. The third-order valence-electron chi connectivity index (χ3n) is 4.17. The third-order valence-corrected chi connectivity index (χ3v) is 4.17. The number of nitrogens with zero attached hydrogens (tertiary/aromatic N) is 5. The highest BCUT2D eigenvalue weighted by Crippen LogP contribution is 2.28. The first-order valence-electron chi connectivity index (χ1n) is 7.77. The molecule has 0 fully saturated rings. The smallest absolute Gasteiger partial charge is 0.290 e. The van der Waals surface area contributed by atoms with Crippen molar-refractivity contribution < 1.29 is 4.92 Å². The van der Waals surface area contributed by atoms with Crippen LogP contribution < -0.4 is 5.32 Å². The van der Waals surface area contributed by atoms with Gasteiger partial charge in [-0.1, -0.05) is 13.8 Å². The Balaban J connectivity index is 1.88. The molecule has 2 aromatic rings. The van der Waals surface area contributed by atoms with Crippen molar-refractivity contribution >= 4 is 11.5 Å². The number of rotatable bonds is 5. The molecule has 122 valence electrons. The third kappa shape index (κ3) is 2.88. The highest BCUT2D eigenvalue weighted by Gasteiger charge is 2.26. The Morgan fingerprint density at radius 2 is 2.17 bits per heavy atom. The van der Waals surface area contributed by atoms with Gasteiger partial charge in [0.15, 0.2) is 5.82 Å². The molecule has 0 unspecified atom stereocenters. The van der Waals surface area contributed by atoms with Crippen molar-refractivity contribution in [1.29, 1.82) is 0 Å². The Bertz CT molecular complexity index is 740. The van der Waals surface area contributed by atoms with Gasteiger partial charge in [0.1, 0.15) is 17.8 Å². The zero-order valence-electron chi connectivity index (χ0n) is 13.5. The van der Waals surface area contributed by atoms with E-state index in [1.54, 1.807) is 13.0 Å². The molecule has 0 aliphatic carbocycles. The van der Waals surface area contributed by atoms with E-state index in [1.807, 2.05) is 0 Å². The topological polar surface area (TPSA) is 98.8 Å². The zero-order valence-corrected chi connectivity index (χ0v) is 13.5. The molecule has 0 saturated carbocycles. The Kier molecular flexibility index (Phi) is 3.97. The first-order valence-corrected chi connectivity index (χ1v) is 7.77. The fourth-order valence-electron chi connectivity index (χ4n) is 2.91. The summed E-state index contributed by atoms with van der Waals surface area (Å²) in [5.41, 5.74) is 0.612. The molecule has 0 bridgehead atoms. The van der Waals surface area contributed by atoms with Crippen LogP contribution in [-0.2, 0) is 13.0 Å². The van der Waals surface area contributed by atoms with Crippen molar-refractivity contribution in [1.82, 2.24) is 19.7 Å². The maximum Gasteiger partial charge on any atom is 0.290 e. The molecule has 0 aromatic carbocycles. The molecule has 0 radical (unpaired) electrons. The van der Waals surface area contributed by atoms with Crippen LogP contribution in [0.1, 0.15) is 43.5 Å². The second kappa shape index (κ2) is 5.94. The van der Waals surface area contributed by atoms with E-state index < -0.39 is 4.92 Å². The molecule has 0 amide bonds. The summed E-state index contributed by atoms with van der Waals surface area (Å²) >= 11 is 0. The summed E-state index contributed by atoms with van der Waals surface area (Å²) in [5.74, 6) is 2.83. The molecule has 23 heavy (non-hydrogen) atoms. The minimum atomic E-state index is -0.419. The van der Waals surface area contributed by atoms with Gasteiger partial charge in [-0.3, -0.25) is 10.1 Å². The van der Waals surface area contributed by atoms with Crippen LogP contribution in [0.4, 0.5) is 11.5 Å². The molecule has 3 rings (SSSR count). The second-order valence-electron chi connectivity index (χ2n) is 6.21. The summed E-state index contributed by atoms with van der Waals surface area (Å²) in [6.07, 6.45) is 3.35. The lowest BCUT2D eigenvalue weighted by atomic mass is 10.0. The van der Waals surface area contributed by atoms with E-state index in [0.717, 1.165) is 31.0 Å². The molecule has 3 heterocycles. The van der Waals surface area contributed by atoms with Gasteiger partial charge in [0.25, 0.3) is 5.69 Å². The van der Waals surface area contributed by atoms with Crippen molar-refractivity contribution in [2.75, 3.05) is 5.32 Å². The average molecular weight is 316 g/mol. The molecule has 1 N–H and O–H groups in total. The summed E-state index contributed by atoms with van der Waals surface area (Å²) in [6, 6.07) is 1.66. The number of hydrogen-bond donors (Lipinski definition) is 1. The van der Waals surface area contributed by atoms with Crippen molar-refractivity contribution in [3.05, 3.63) is 39.6 Å². The van der Waals surface area contributed by atoms with Crippen molar-refractivity contribution in [2.45, 2.75) is 46.2 Å².